The molecule has 21 heavy (non-hydrogen) atoms. The molecule has 1 saturated heterocycles. The number of piperidine rings is 1. The maximum atomic E-state index is 12.1. The summed E-state index contributed by atoms with van der Waals surface area (Å²) in [6.45, 7) is 2.84. The molecule has 1 heterocycles. The Morgan fingerprint density at radius 2 is 1.95 bits per heavy atom. The van der Waals surface area contributed by atoms with Crippen LogP contribution >= 0.6 is 0 Å². The molecule has 1 atom stereocenters. The SMILES string of the molecule is CCCCC(NC(=O)N1CCC(C(=O)OC)CC1)C(=O)O. The predicted molar refractivity (Wildman–Crippen MR) is 75.8 cm³/mol. The maximum Gasteiger partial charge on any atom is 0.326 e. The second-order valence-electron chi connectivity index (χ2n) is 5.27. The van der Waals surface area contributed by atoms with Gasteiger partial charge in [-0.25, -0.2) is 9.59 Å². The number of unbranched alkanes of at least 4 members (excludes halogenated alkanes) is 1. The molecule has 1 rings (SSSR count). The van der Waals surface area contributed by atoms with Crippen LogP contribution in [0.25, 0.3) is 0 Å². The normalized spacial score (nSPS) is 17.1. The summed E-state index contributed by atoms with van der Waals surface area (Å²) >= 11 is 0. The minimum Gasteiger partial charge on any atom is -0.480 e. The zero-order chi connectivity index (χ0) is 15.8. The fourth-order valence-corrected chi connectivity index (χ4v) is 2.39. The summed E-state index contributed by atoms with van der Waals surface area (Å²) in [6, 6.07) is -1.22. The van der Waals surface area contributed by atoms with E-state index in [-0.39, 0.29) is 17.9 Å². The lowest BCUT2D eigenvalue weighted by molar-refractivity contribution is -0.146. The Bertz CT molecular complexity index is 378. The van der Waals surface area contributed by atoms with Gasteiger partial charge in [0.15, 0.2) is 0 Å². The average molecular weight is 300 g/mol. The molecular formula is C14H24N2O5. The standard InChI is InChI=1S/C14H24N2O5/c1-3-4-5-11(12(17)18)15-14(20)16-8-6-10(7-9-16)13(19)21-2/h10-11H,3-9H2,1-2H3,(H,15,20)(H,17,18). The Balaban J connectivity index is 2.45. The number of carboxylic acid groups (broad SMARTS) is 1. The van der Waals surface area contributed by atoms with Crippen LogP contribution in [0.2, 0.25) is 0 Å². The van der Waals surface area contributed by atoms with Crippen LogP contribution in [0.5, 0.6) is 0 Å². The van der Waals surface area contributed by atoms with Crippen molar-refractivity contribution in [3.05, 3.63) is 0 Å². The summed E-state index contributed by atoms with van der Waals surface area (Å²) in [7, 11) is 1.35. The van der Waals surface area contributed by atoms with Crippen LogP contribution < -0.4 is 5.32 Å². The van der Waals surface area contributed by atoms with E-state index in [1.54, 1.807) is 4.90 Å². The third-order valence-electron chi connectivity index (χ3n) is 3.76. The largest absolute Gasteiger partial charge is 0.480 e. The quantitative estimate of drug-likeness (QED) is 0.719. The zero-order valence-corrected chi connectivity index (χ0v) is 12.6. The average Bonchev–Trinajstić information content (AvgIpc) is 2.50. The highest BCUT2D eigenvalue weighted by Crippen LogP contribution is 2.18. The first-order valence-electron chi connectivity index (χ1n) is 7.35. The monoisotopic (exact) mass is 300 g/mol. The van der Waals surface area contributed by atoms with Gasteiger partial charge in [-0.1, -0.05) is 19.8 Å². The van der Waals surface area contributed by atoms with Crippen LogP contribution in [0.4, 0.5) is 4.79 Å². The summed E-state index contributed by atoms with van der Waals surface area (Å²) in [6.07, 6.45) is 3.15. The van der Waals surface area contributed by atoms with Crippen molar-refractivity contribution in [2.24, 2.45) is 5.92 Å². The number of urea groups is 1. The molecule has 2 N–H and O–H groups in total. The second-order valence-corrected chi connectivity index (χ2v) is 5.27. The highest BCUT2D eigenvalue weighted by molar-refractivity contribution is 5.82. The number of carbonyl (C=O) groups excluding carboxylic acids is 2. The maximum absolute atomic E-state index is 12.1. The van der Waals surface area contributed by atoms with E-state index in [9.17, 15) is 14.4 Å². The molecule has 0 aromatic rings. The first-order chi connectivity index (χ1) is 9.99. The molecule has 0 aliphatic carbocycles. The molecule has 2 amide bonds. The van der Waals surface area contributed by atoms with Gasteiger partial charge in [-0.05, 0) is 19.3 Å². The molecular weight excluding hydrogens is 276 g/mol. The molecule has 0 aromatic carbocycles. The Kier molecular flexibility index (Phi) is 6.98. The Morgan fingerprint density at radius 1 is 1.33 bits per heavy atom. The first-order valence-corrected chi connectivity index (χ1v) is 7.35. The number of rotatable bonds is 6. The summed E-state index contributed by atoms with van der Waals surface area (Å²) in [4.78, 5) is 36.1. The smallest absolute Gasteiger partial charge is 0.326 e. The van der Waals surface area contributed by atoms with E-state index >= 15 is 0 Å². The van der Waals surface area contributed by atoms with Crippen LogP contribution in [-0.4, -0.2) is 54.2 Å². The molecule has 0 aromatic heterocycles. The highest BCUT2D eigenvalue weighted by Gasteiger charge is 2.29. The van der Waals surface area contributed by atoms with Gasteiger partial charge in [-0.3, -0.25) is 4.79 Å². The Hall–Kier alpha value is -1.79. The van der Waals surface area contributed by atoms with Crippen molar-refractivity contribution in [3.8, 4) is 0 Å². The van der Waals surface area contributed by atoms with Crippen LogP contribution in [0, 0.1) is 5.92 Å². The molecule has 1 aliphatic heterocycles. The molecule has 0 saturated carbocycles. The van der Waals surface area contributed by atoms with Crippen molar-refractivity contribution < 1.29 is 24.2 Å². The summed E-state index contributed by atoms with van der Waals surface area (Å²) in [5.41, 5.74) is 0. The van der Waals surface area contributed by atoms with Gasteiger partial charge in [-0.15, -0.1) is 0 Å². The van der Waals surface area contributed by atoms with Crippen molar-refractivity contribution in [1.29, 1.82) is 0 Å². The number of nitrogens with one attached hydrogen (secondary N) is 1. The predicted octanol–water partition coefficient (Wildman–Crippen LogP) is 1.22. The highest BCUT2D eigenvalue weighted by atomic mass is 16.5. The van der Waals surface area contributed by atoms with Crippen LogP contribution in [0.1, 0.15) is 39.0 Å². The van der Waals surface area contributed by atoms with Gasteiger partial charge < -0.3 is 20.1 Å². The lowest BCUT2D eigenvalue weighted by atomic mass is 9.97. The van der Waals surface area contributed by atoms with E-state index in [2.05, 4.69) is 10.1 Å². The van der Waals surface area contributed by atoms with Crippen molar-refractivity contribution in [2.75, 3.05) is 20.2 Å². The van der Waals surface area contributed by atoms with Crippen molar-refractivity contribution in [3.63, 3.8) is 0 Å². The third-order valence-corrected chi connectivity index (χ3v) is 3.76. The van der Waals surface area contributed by atoms with E-state index in [1.165, 1.54) is 7.11 Å². The van der Waals surface area contributed by atoms with E-state index < -0.39 is 12.0 Å². The molecule has 0 spiro atoms. The number of nitrogens with zero attached hydrogens (tertiary/aromatic N) is 1. The minimum absolute atomic E-state index is 0.172. The van der Waals surface area contributed by atoms with E-state index in [0.29, 0.717) is 32.4 Å². The van der Waals surface area contributed by atoms with Crippen LogP contribution in [-0.2, 0) is 14.3 Å². The number of likely N-dealkylation sites (tertiary alicyclic amines) is 1. The van der Waals surface area contributed by atoms with Crippen molar-refractivity contribution in [2.45, 2.75) is 45.1 Å². The Morgan fingerprint density at radius 3 is 2.43 bits per heavy atom. The van der Waals surface area contributed by atoms with Gasteiger partial charge in [0, 0.05) is 13.1 Å². The van der Waals surface area contributed by atoms with Gasteiger partial charge in [0.25, 0.3) is 0 Å². The van der Waals surface area contributed by atoms with Crippen LogP contribution in [0.3, 0.4) is 0 Å². The lowest BCUT2D eigenvalue weighted by Gasteiger charge is -2.31. The number of hydrogen-bond acceptors (Lipinski definition) is 4. The minimum atomic E-state index is -1.01. The van der Waals surface area contributed by atoms with Crippen molar-refractivity contribution in [1.82, 2.24) is 10.2 Å². The van der Waals surface area contributed by atoms with Gasteiger partial charge in [0.05, 0.1) is 13.0 Å². The zero-order valence-electron chi connectivity index (χ0n) is 12.6. The summed E-state index contributed by atoms with van der Waals surface area (Å²) in [5, 5.41) is 11.6. The number of esters is 1. The topological polar surface area (TPSA) is 95.9 Å². The third kappa shape index (κ3) is 5.24. The van der Waals surface area contributed by atoms with E-state index in [4.69, 9.17) is 5.11 Å². The van der Waals surface area contributed by atoms with Gasteiger partial charge >= 0.3 is 18.0 Å². The number of ether oxygens (including phenoxy) is 1. The summed E-state index contributed by atoms with van der Waals surface area (Å²) < 4.78 is 4.69. The number of carbonyl (C=O) groups is 3. The fraction of sp³-hybridized carbons (Fsp3) is 0.786. The van der Waals surface area contributed by atoms with Gasteiger partial charge in [0.2, 0.25) is 0 Å². The number of amides is 2. The summed E-state index contributed by atoms with van der Waals surface area (Å²) in [5.74, 6) is -1.43. The number of hydrogen-bond donors (Lipinski definition) is 2. The molecule has 7 nitrogen and oxygen atoms in total. The van der Waals surface area contributed by atoms with Crippen LogP contribution in [0.15, 0.2) is 0 Å². The molecule has 1 fully saturated rings. The van der Waals surface area contributed by atoms with E-state index in [1.807, 2.05) is 6.92 Å². The van der Waals surface area contributed by atoms with E-state index in [0.717, 1.165) is 12.8 Å². The van der Waals surface area contributed by atoms with Crippen molar-refractivity contribution >= 4 is 18.0 Å². The second kappa shape index (κ2) is 8.49. The number of aliphatic carboxylic acids is 1. The number of carboxylic acids is 1. The lowest BCUT2D eigenvalue weighted by Crippen LogP contribution is -2.50. The van der Waals surface area contributed by atoms with Gasteiger partial charge in [0.1, 0.15) is 6.04 Å². The molecule has 0 bridgehead atoms. The molecule has 1 aliphatic rings. The van der Waals surface area contributed by atoms with Gasteiger partial charge in [-0.2, -0.15) is 0 Å². The molecule has 0 radical (unpaired) electrons. The molecule has 7 heteroatoms. The number of methoxy groups -OCH3 is 1. The molecule has 120 valence electrons. The fourth-order valence-electron chi connectivity index (χ4n) is 2.39. The first kappa shape index (κ1) is 17.3. The molecule has 1 unspecified atom stereocenters. The Labute approximate surface area is 124 Å².